The van der Waals surface area contributed by atoms with Gasteiger partial charge >= 0.3 is 10.8 Å². The first kappa shape index (κ1) is 15.9. The van der Waals surface area contributed by atoms with Crippen molar-refractivity contribution in [2.75, 3.05) is 19.7 Å². The van der Waals surface area contributed by atoms with Crippen molar-refractivity contribution < 1.29 is 9.53 Å². The van der Waals surface area contributed by atoms with Gasteiger partial charge in [0.15, 0.2) is 0 Å². The van der Waals surface area contributed by atoms with Crippen LogP contribution in [0.5, 0.6) is 0 Å². The Bertz CT molecular complexity index is 447. The van der Waals surface area contributed by atoms with Crippen LogP contribution in [-0.4, -0.2) is 35.5 Å². The van der Waals surface area contributed by atoms with Gasteiger partial charge in [-0.25, -0.2) is 4.79 Å². The molecule has 108 valence electrons. The van der Waals surface area contributed by atoms with E-state index in [2.05, 4.69) is 23.7 Å². The zero-order chi connectivity index (χ0) is 14.3. The highest BCUT2D eigenvalue weighted by molar-refractivity contribution is 7.09. The van der Waals surface area contributed by atoms with E-state index < -0.39 is 5.97 Å². The van der Waals surface area contributed by atoms with Gasteiger partial charge in [-0.2, -0.15) is 0 Å². The Labute approximate surface area is 117 Å². The van der Waals surface area contributed by atoms with E-state index in [-0.39, 0.29) is 4.87 Å². The van der Waals surface area contributed by atoms with Crippen LogP contribution in [0.1, 0.15) is 49.0 Å². The molecule has 0 saturated heterocycles. The first-order chi connectivity index (χ1) is 9.12. The minimum Gasteiger partial charge on any atom is -0.461 e. The molecule has 1 aromatic rings. The molecule has 0 radical (unpaired) electrons. The first-order valence-corrected chi connectivity index (χ1v) is 7.55. The van der Waals surface area contributed by atoms with Gasteiger partial charge in [-0.1, -0.05) is 25.2 Å². The summed E-state index contributed by atoms with van der Waals surface area (Å²) in [6.45, 7) is 8.85. The molecule has 1 heterocycles. The molecular formula is C13H22N2O3S. The highest BCUT2D eigenvalue weighted by Gasteiger charge is 2.18. The second-order valence-electron chi connectivity index (χ2n) is 4.31. The fourth-order valence-electron chi connectivity index (χ4n) is 1.95. The summed E-state index contributed by atoms with van der Waals surface area (Å²) in [5.41, 5.74) is 0.314. The van der Waals surface area contributed by atoms with Gasteiger partial charge < -0.3 is 9.72 Å². The number of nitrogens with zero attached hydrogens (tertiary/aromatic N) is 1. The average molecular weight is 286 g/mol. The number of hydrogen-bond acceptors (Lipinski definition) is 5. The number of aromatic nitrogens is 1. The Morgan fingerprint density at radius 3 is 2.42 bits per heavy atom. The second-order valence-corrected chi connectivity index (χ2v) is 5.38. The number of carbonyl (C=O) groups excluding carboxylic acids is 1. The third kappa shape index (κ3) is 4.80. The summed E-state index contributed by atoms with van der Waals surface area (Å²) in [4.78, 5) is 28.6. The van der Waals surface area contributed by atoms with Crippen molar-refractivity contribution in [1.82, 2.24) is 9.88 Å². The Morgan fingerprint density at radius 1 is 1.26 bits per heavy atom. The lowest BCUT2D eigenvalue weighted by Gasteiger charge is -2.20. The van der Waals surface area contributed by atoms with E-state index in [4.69, 9.17) is 4.74 Å². The molecule has 6 heteroatoms. The van der Waals surface area contributed by atoms with Crippen LogP contribution < -0.4 is 4.87 Å². The van der Waals surface area contributed by atoms with Crippen molar-refractivity contribution in [2.24, 2.45) is 0 Å². The average Bonchev–Trinajstić information content (AvgIpc) is 2.71. The lowest BCUT2D eigenvalue weighted by molar-refractivity contribution is 0.0517. The largest absolute Gasteiger partial charge is 0.461 e. The maximum atomic E-state index is 11.8. The Balaban J connectivity index is 2.86. The lowest BCUT2D eigenvalue weighted by atomic mass is 10.3. The number of aromatic amines is 1. The van der Waals surface area contributed by atoms with Gasteiger partial charge in [0.25, 0.3) is 0 Å². The second kappa shape index (κ2) is 8.12. The van der Waals surface area contributed by atoms with Crippen LogP contribution in [-0.2, 0) is 11.3 Å². The highest BCUT2D eigenvalue weighted by Crippen LogP contribution is 2.14. The van der Waals surface area contributed by atoms with Crippen molar-refractivity contribution in [2.45, 2.75) is 40.2 Å². The van der Waals surface area contributed by atoms with E-state index in [0.29, 0.717) is 18.8 Å². The highest BCUT2D eigenvalue weighted by atomic mass is 32.1. The molecule has 0 bridgehead atoms. The Morgan fingerprint density at radius 2 is 1.89 bits per heavy atom. The Kier molecular flexibility index (Phi) is 6.80. The number of nitrogens with one attached hydrogen (secondary N) is 1. The van der Waals surface area contributed by atoms with Gasteiger partial charge in [0, 0.05) is 6.54 Å². The topological polar surface area (TPSA) is 62.4 Å². The van der Waals surface area contributed by atoms with E-state index in [1.165, 1.54) is 0 Å². The summed E-state index contributed by atoms with van der Waals surface area (Å²) >= 11 is 1.09. The van der Waals surface area contributed by atoms with E-state index in [1.807, 2.05) is 0 Å². The molecule has 0 unspecified atom stereocenters. The molecule has 0 aliphatic carbocycles. The zero-order valence-electron chi connectivity index (χ0n) is 11.8. The molecule has 0 amide bonds. The van der Waals surface area contributed by atoms with Gasteiger partial charge in [0.1, 0.15) is 5.69 Å². The van der Waals surface area contributed by atoms with Crippen LogP contribution in [0.3, 0.4) is 0 Å². The number of H-pyrrole nitrogens is 1. The van der Waals surface area contributed by atoms with Crippen molar-refractivity contribution >= 4 is 17.3 Å². The molecule has 0 aromatic carbocycles. The minimum atomic E-state index is -0.441. The fraction of sp³-hybridized carbons (Fsp3) is 0.692. The first-order valence-electron chi connectivity index (χ1n) is 6.73. The SMILES string of the molecule is CCCN(CCC)Cc1sc(=O)[nH]c1C(=O)OCC. The molecule has 1 aromatic heterocycles. The molecule has 5 nitrogen and oxygen atoms in total. The van der Waals surface area contributed by atoms with E-state index in [9.17, 15) is 9.59 Å². The van der Waals surface area contributed by atoms with Crippen LogP contribution >= 0.6 is 11.3 Å². The summed E-state index contributed by atoms with van der Waals surface area (Å²) < 4.78 is 4.96. The number of carbonyl (C=O) groups is 1. The van der Waals surface area contributed by atoms with Gasteiger partial charge in [-0.3, -0.25) is 9.69 Å². The van der Waals surface area contributed by atoms with Crippen LogP contribution in [0.2, 0.25) is 0 Å². The number of ether oxygens (including phenoxy) is 1. The Hall–Kier alpha value is -1.14. The van der Waals surface area contributed by atoms with Gasteiger partial charge in [0.05, 0.1) is 11.5 Å². The molecule has 0 aliphatic rings. The van der Waals surface area contributed by atoms with Crippen LogP contribution in [0, 0.1) is 0 Å². The smallest absolute Gasteiger partial charge is 0.356 e. The van der Waals surface area contributed by atoms with Crippen molar-refractivity contribution in [1.29, 1.82) is 0 Å². The molecule has 0 spiro atoms. The minimum absolute atomic E-state index is 0.203. The monoisotopic (exact) mass is 286 g/mol. The van der Waals surface area contributed by atoms with E-state index in [1.54, 1.807) is 6.92 Å². The van der Waals surface area contributed by atoms with Crippen molar-refractivity contribution in [3.05, 3.63) is 20.2 Å². The molecule has 0 aliphatic heterocycles. The predicted octanol–water partition coefficient (Wildman–Crippen LogP) is 2.24. The third-order valence-corrected chi connectivity index (χ3v) is 3.52. The van der Waals surface area contributed by atoms with E-state index in [0.717, 1.165) is 42.1 Å². The number of rotatable bonds is 8. The molecule has 0 atom stereocenters. The quantitative estimate of drug-likeness (QED) is 0.744. The summed E-state index contributed by atoms with van der Waals surface area (Å²) in [7, 11) is 0. The summed E-state index contributed by atoms with van der Waals surface area (Å²) in [6, 6.07) is 0. The van der Waals surface area contributed by atoms with Gasteiger partial charge in [-0.15, -0.1) is 0 Å². The van der Waals surface area contributed by atoms with Crippen molar-refractivity contribution in [3.63, 3.8) is 0 Å². The molecule has 1 rings (SSSR count). The normalized spacial score (nSPS) is 10.9. The summed E-state index contributed by atoms with van der Waals surface area (Å²) in [6.07, 6.45) is 2.10. The molecular weight excluding hydrogens is 264 g/mol. The summed E-state index contributed by atoms with van der Waals surface area (Å²) in [5.74, 6) is -0.441. The third-order valence-electron chi connectivity index (χ3n) is 2.65. The molecule has 1 N–H and O–H groups in total. The number of esters is 1. The standard InChI is InChI=1S/C13H22N2O3S/c1-4-7-15(8-5-2)9-10-11(12(16)18-6-3)14-13(17)19-10/h4-9H2,1-3H3,(H,14,17). The van der Waals surface area contributed by atoms with Crippen LogP contribution in [0.25, 0.3) is 0 Å². The predicted molar refractivity (Wildman–Crippen MR) is 76.8 cm³/mol. The van der Waals surface area contributed by atoms with Gasteiger partial charge in [-0.05, 0) is 32.9 Å². The van der Waals surface area contributed by atoms with Crippen LogP contribution in [0.15, 0.2) is 4.79 Å². The molecule has 0 saturated carbocycles. The van der Waals surface area contributed by atoms with Crippen molar-refractivity contribution in [3.8, 4) is 0 Å². The maximum absolute atomic E-state index is 11.8. The molecule has 19 heavy (non-hydrogen) atoms. The van der Waals surface area contributed by atoms with Crippen LogP contribution in [0.4, 0.5) is 0 Å². The lowest BCUT2D eigenvalue weighted by Crippen LogP contribution is -2.25. The maximum Gasteiger partial charge on any atom is 0.356 e. The fourth-order valence-corrected chi connectivity index (χ4v) is 2.81. The van der Waals surface area contributed by atoms with E-state index >= 15 is 0 Å². The number of hydrogen-bond donors (Lipinski definition) is 1. The zero-order valence-corrected chi connectivity index (χ0v) is 12.6. The summed E-state index contributed by atoms with van der Waals surface area (Å²) in [5, 5.41) is 0. The molecule has 0 fully saturated rings. The van der Waals surface area contributed by atoms with Gasteiger partial charge in [0.2, 0.25) is 0 Å². The number of thiazole rings is 1.